The van der Waals surface area contributed by atoms with E-state index in [2.05, 4.69) is 21.2 Å². The molecule has 0 aliphatic heterocycles. The van der Waals surface area contributed by atoms with Crippen molar-refractivity contribution in [2.45, 2.75) is 0 Å². The normalized spacial score (nSPS) is 10.1. The molecule has 0 aliphatic rings. The summed E-state index contributed by atoms with van der Waals surface area (Å²) in [6, 6.07) is 9.27. The second kappa shape index (κ2) is 6.58. The van der Waals surface area contributed by atoms with E-state index < -0.39 is 11.7 Å². The van der Waals surface area contributed by atoms with Crippen molar-refractivity contribution >= 4 is 27.5 Å². The molecule has 0 saturated carbocycles. The van der Waals surface area contributed by atoms with Gasteiger partial charge in [0.15, 0.2) is 0 Å². The molecule has 2 rings (SSSR count). The fourth-order valence-electron chi connectivity index (χ4n) is 1.84. The fourth-order valence-corrected chi connectivity index (χ4v) is 2.22. The second-order valence-electron chi connectivity index (χ2n) is 4.12. The summed E-state index contributed by atoms with van der Waals surface area (Å²) >= 11 is 3.07. The second-order valence-corrected chi connectivity index (χ2v) is 4.97. The van der Waals surface area contributed by atoms with E-state index in [0.29, 0.717) is 17.2 Å². The molecule has 2 aromatic carbocycles. The van der Waals surface area contributed by atoms with Gasteiger partial charge in [0.05, 0.1) is 18.7 Å². The van der Waals surface area contributed by atoms with Gasteiger partial charge in [-0.3, -0.25) is 4.79 Å². The number of hydrogen-bond donors (Lipinski definition) is 1. The monoisotopic (exact) mass is 353 g/mol. The van der Waals surface area contributed by atoms with Crippen LogP contribution in [0, 0.1) is 5.82 Å². The first-order valence-electron chi connectivity index (χ1n) is 6.04. The molecule has 110 valence electrons. The summed E-state index contributed by atoms with van der Waals surface area (Å²) in [5, 5.41) is 2.68. The van der Waals surface area contributed by atoms with Crippen LogP contribution in [0.25, 0.3) is 0 Å². The van der Waals surface area contributed by atoms with Crippen LogP contribution >= 0.6 is 15.9 Å². The van der Waals surface area contributed by atoms with Gasteiger partial charge < -0.3 is 14.8 Å². The molecule has 1 amide bonds. The third kappa shape index (κ3) is 3.33. The Morgan fingerprint density at radius 2 is 1.76 bits per heavy atom. The number of anilines is 1. The number of rotatable bonds is 4. The maximum absolute atomic E-state index is 13.2. The number of halogens is 2. The molecule has 4 nitrogen and oxygen atoms in total. The van der Waals surface area contributed by atoms with Crippen LogP contribution in [0.1, 0.15) is 10.4 Å². The Kier molecular flexibility index (Phi) is 4.80. The summed E-state index contributed by atoms with van der Waals surface area (Å²) in [5.41, 5.74) is 0.740. The SMILES string of the molecule is COc1cccc(OC)c1C(=O)Nc1ccc(F)c(Br)c1. The number of carbonyl (C=O) groups is 1. The zero-order valence-electron chi connectivity index (χ0n) is 11.4. The average Bonchev–Trinajstić information content (AvgIpc) is 2.49. The van der Waals surface area contributed by atoms with E-state index in [1.54, 1.807) is 18.2 Å². The summed E-state index contributed by atoms with van der Waals surface area (Å²) in [4.78, 5) is 12.4. The lowest BCUT2D eigenvalue weighted by atomic mass is 10.1. The van der Waals surface area contributed by atoms with Gasteiger partial charge >= 0.3 is 0 Å². The van der Waals surface area contributed by atoms with E-state index >= 15 is 0 Å². The van der Waals surface area contributed by atoms with E-state index in [9.17, 15) is 9.18 Å². The average molecular weight is 354 g/mol. The molecule has 0 aromatic heterocycles. The number of nitrogens with one attached hydrogen (secondary N) is 1. The summed E-state index contributed by atoms with van der Waals surface area (Å²) in [5.74, 6) is -0.00765. The molecule has 21 heavy (non-hydrogen) atoms. The lowest BCUT2D eigenvalue weighted by Crippen LogP contribution is -2.14. The molecule has 0 radical (unpaired) electrons. The van der Waals surface area contributed by atoms with E-state index in [-0.39, 0.29) is 10.0 Å². The van der Waals surface area contributed by atoms with E-state index in [0.717, 1.165) is 0 Å². The molecule has 0 heterocycles. The molecule has 0 aliphatic carbocycles. The van der Waals surface area contributed by atoms with Gasteiger partial charge in [-0.05, 0) is 46.3 Å². The van der Waals surface area contributed by atoms with Crippen molar-refractivity contribution in [1.29, 1.82) is 0 Å². The topological polar surface area (TPSA) is 47.6 Å². The Morgan fingerprint density at radius 1 is 1.14 bits per heavy atom. The molecule has 6 heteroatoms. The van der Waals surface area contributed by atoms with Gasteiger partial charge in [-0.25, -0.2) is 4.39 Å². The third-order valence-corrected chi connectivity index (χ3v) is 3.44. The highest BCUT2D eigenvalue weighted by molar-refractivity contribution is 9.10. The molecular formula is C15H13BrFNO3. The van der Waals surface area contributed by atoms with E-state index in [1.807, 2.05) is 0 Å². The van der Waals surface area contributed by atoms with Gasteiger partial charge in [0.25, 0.3) is 5.91 Å². The first kappa shape index (κ1) is 15.3. The zero-order valence-corrected chi connectivity index (χ0v) is 13.0. The van der Waals surface area contributed by atoms with Crippen LogP contribution in [0.5, 0.6) is 11.5 Å². The molecule has 0 bridgehead atoms. The zero-order chi connectivity index (χ0) is 15.4. The highest BCUT2D eigenvalue weighted by Crippen LogP contribution is 2.29. The Bertz CT molecular complexity index is 654. The smallest absolute Gasteiger partial charge is 0.263 e. The number of hydrogen-bond acceptors (Lipinski definition) is 3. The molecule has 0 saturated heterocycles. The molecular weight excluding hydrogens is 341 g/mol. The van der Waals surface area contributed by atoms with Crippen molar-refractivity contribution in [2.24, 2.45) is 0 Å². The molecule has 1 N–H and O–H groups in total. The van der Waals surface area contributed by atoms with Crippen molar-refractivity contribution in [3.8, 4) is 11.5 Å². The maximum atomic E-state index is 13.2. The number of benzene rings is 2. The quantitative estimate of drug-likeness (QED) is 0.907. The molecule has 0 fully saturated rings. The highest BCUT2D eigenvalue weighted by atomic mass is 79.9. The van der Waals surface area contributed by atoms with Crippen LogP contribution in [0.2, 0.25) is 0 Å². The number of ether oxygens (including phenoxy) is 2. The van der Waals surface area contributed by atoms with Gasteiger partial charge in [0.1, 0.15) is 22.9 Å². The van der Waals surface area contributed by atoms with Crippen molar-refractivity contribution in [1.82, 2.24) is 0 Å². The highest BCUT2D eigenvalue weighted by Gasteiger charge is 2.18. The summed E-state index contributed by atoms with van der Waals surface area (Å²) in [7, 11) is 2.94. The van der Waals surface area contributed by atoms with Crippen LogP contribution in [-0.4, -0.2) is 20.1 Å². The fraction of sp³-hybridized carbons (Fsp3) is 0.133. The van der Waals surface area contributed by atoms with Crippen LogP contribution in [-0.2, 0) is 0 Å². The van der Waals surface area contributed by atoms with Crippen LogP contribution in [0.3, 0.4) is 0 Å². The number of amides is 1. The maximum Gasteiger partial charge on any atom is 0.263 e. The summed E-state index contributed by atoms with van der Waals surface area (Å²) in [6.45, 7) is 0. The first-order valence-corrected chi connectivity index (χ1v) is 6.83. The van der Waals surface area contributed by atoms with Crippen LogP contribution in [0.4, 0.5) is 10.1 Å². The largest absolute Gasteiger partial charge is 0.496 e. The minimum absolute atomic E-state index is 0.271. The minimum Gasteiger partial charge on any atom is -0.496 e. The Balaban J connectivity index is 2.34. The lowest BCUT2D eigenvalue weighted by molar-refractivity contribution is 0.102. The van der Waals surface area contributed by atoms with Gasteiger partial charge in [-0.15, -0.1) is 0 Å². The summed E-state index contributed by atoms with van der Waals surface area (Å²) in [6.07, 6.45) is 0. The predicted octanol–water partition coefficient (Wildman–Crippen LogP) is 3.86. The van der Waals surface area contributed by atoms with Gasteiger partial charge in [-0.2, -0.15) is 0 Å². The third-order valence-electron chi connectivity index (χ3n) is 2.83. The van der Waals surface area contributed by atoms with Gasteiger partial charge in [0.2, 0.25) is 0 Å². The Hall–Kier alpha value is -2.08. The van der Waals surface area contributed by atoms with Crippen molar-refractivity contribution in [3.63, 3.8) is 0 Å². The molecule has 0 spiro atoms. The lowest BCUT2D eigenvalue weighted by Gasteiger charge is -2.13. The Labute approximate surface area is 130 Å². The number of methoxy groups -OCH3 is 2. The van der Waals surface area contributed by atoms with E-state index in [4.69, 9.17) is 9.47 Å². The van der Waals surface area contributed by atoms with E-state index in [1.165, 1.54) is 32.4 Å². The van der Waals surface area contributed by atoms with Crippen LogP contribution < -0.4 is 14.8 Å². The standard InChI is InChI=1S/C15H13BrFNO3/c1-20-12-4-3-5-13(21-2)14(12)15(19)18-9-6-7-11(17)10(16)8-9/h3-8H,1-2H3,(H,18,19). The summed E-state index contributed by atoms with van der Waals surface area (Å²) < 4.78 is 23.8. The Morgan fingerprint density at radius 3 is 2.29 bits per heavy atom. The van der Waals surface area contributed by atoms with Crippen molar-refractivity contribution < 1.29 is 18.7 Å². The van der Waals surface area contributed by atoms with Crippen molar-refractivity contribution in [3.05, 3.63) is 52.3 Å². The first-order chi connectivity index (χ1) is 10.1. The van der Waals surface area contributed by atoms with Gasteiger partial charge in [-0.1, -0.05) is 6.07 Å². The van der Waals surface area contributed by atoms with Gasteiger partial charge in [0, 0.05) is 5.69 Å². The van der Waals surface area contributed by atoms with Crippen LogP contribution in [0.15, 0.2) is 40.9 Å². The predicted molar refractivity (Wildman–Crippen MR) is 81.6 cm³/mol. The minimum atomic E-state index is -0.400. The van der Waals surface area contributed by atoms with Crippen molar-refractivity contribution in [2.75, 3.05) is 19.5 Å². The number of carbonyl (C=O) groups excluding carboxylic acids is 1. The molecule has 2 aromatic rings. The molecule has 0 atom stereocenters. The molecule has 0 unspecified atom stereocenters.